The number of carbonyl (C=O) groups excluding carboxylic acids is 1. The average Bonchev–Trinajstić information content (AvgIpc) is 2.15. The Morgan fingerprint density at radius 2 is 2.00 bits per heavy atom. The van der Waals surface area contributed by atoms with Crippen LogP contribution in [-0.2, 0) is 9.53 Å². The van der Waals surface area contributed by atoms with Crippen LogP contribution in [0.2, 0.25) is 0 Å². The monoisotopic (exact) mass is 232 g/mol. The van der Waals surface area contributed by atoms with Crippen molar-refractivity contribution < 1.29 is 9.53 Å². The van der Waals surface area contributed by atoms with E-state index in [9.17, 15) is 4.79 Å². The van der Waals surface area contributed by atoms with Gasteiger partial charge in [-0.3, -0.25) is 0 Å². The molecule has 4 nitrogen and oxygen atoms in total. The molecule has 1 unspecified atom stereocenters. The summed E-state index contributed by atoms with van der Waals surface area (Å²) in [7, 11) is 0. The topological polar surface area (TPSA) is 50.4 Å². The number of thiocarbonyl (C=S) groups is 1. The highest BCUT2D eigenvalue weighted by Crippen LogP contribution is 1.90. The predicted molar refractivity (Wildman–Crippen MR) is 64.7 cm³/mol. The maximum atomic E-state index is 11.2. The minimum absolute atomic E-state index is 0.286. The van der Waals surface area contributed by atoms with Gasteiger partial charge in [-0.1, -0.05) is 13.8 Å². The van der Waals surface area contributed by atoms with Crippen molar-refractivity contribution in [3.05, 3.63) is 0 Å². The van der Waals surface area contributed by atoms with Crippen molar-refractivity contribution in [1.29, 1.82) is 0 Å². The van der Waals surface area contributed by atoms with E-state index in [1.807, 2.05) is 0 Å². The van der Waals surface area contributed by atoms with Gasteiger partial charge in [0.25, 0.3) is 0 Å². The highest BCUT2D eigenvalue weighted by molar-refractivity contribution is 7.80. The number of nitrogens with one attached hydrogen (secondary N) is 2. The van der Waals surface area contributed by atoms with Crippen molar-refractivity contribution in [3.63, 3.8) is 0 Å². The Morgan fingerprint density at radius 3 is 2.47 bits per heavy atom. The van der Waals surface area contributed by atoms with Crippen LogP contribution in [0.5, 0.6) is 0 Å². The Kier molecular flexibility index (Phi) is 7.03. The Labute approximate surface area is 96.8 Å². The molecule has 1 atom stereocenters. The first-order valence-corrected chi connectivity index (χ1v) is 5.59. The second-order valence-corrected chi connectivity index (χ2v) is 4.13. The van der Waals surface area contributed by atoms with Crippen molar-refractivity contribution in [2.45, 2.75) is 33.7 Å². The zero-order chi connectivity index (χ0) is 11.8. The fourth-order valence-electron chi connectivity index (χ4n) is 0.871. The van der Waals surface area contributed by atoms with Crippen molar-refractivity contribution >= 4 is 23.3 Å². The summed E-state index contributed by atoms with van der Waals surface area (Å²) in [4.78, 5) is 11.2. The molecular weight excluding hydrogens is 212 g/mol. The lowest BCUT2D eigenvalue weighted by atomic mass is 10.2. The number of hydrogen-bond donors (Lipinski definition) is 2. The molecule has 0 aromatic heterocycles. The van der Waals surface area contributed by atoms with E-state index < -0.39 is 6.04 Å². The third kappa shape index (κ3) is 7.13. The summed E-state index contributed by atoms with van der Waals surface area (Å²) in [5.41, 5.74) is 0. The van der Waals surface area contributed by atoms with Gasteiger partial charge in [-0.2, -0.15) is 0 Å². The second kappa shape index (κ2) is 7.45. The van der Waals surface area contributed by atoms with Crippen LogP contribution in [0.4, 0.5) is 0 Å². The van der Waals surface area contributed by atoms with Gasteiger partial charge in [0.1, 0.15) is 6.04 Å². The molecule has 0 saturated heterocycles. The van der Waals surface area contributed by atoms with Gasteiger partial charge in [-0.15, -0.1) is 0 Å². The summed E-state index contributed by atoms with van der Waals surface area (Å²) in [5, 5.41) is 6.38. The summed E-state index contributed by atoms with van der Waals surface area (Å²) >= 11 is 5.02. The summed E-state index contributed by atoms with van der Waals surface area (Å²) in [5.74, 6) is 0.230. The first-order chi connectivity index (χ1) is 6.97. The van der Waals surface area contributed by atoms with Crippen molar-refractivity contribution in [2.75, 3.05) is 13.2 Å². The molecule has 0 aliphatic heterocycles. The highest BCUT2D eigenvalue weighted by atomic mass is 32.1. The first kappa shape index (κ1) is 14.2. The van der Waals surface area contributed by atoms with Crippen LogP contribution in [0.25, 0.3) is 0 Å². The molecule has 5 heteroatoms. The number of rotatable bonds is 5. The van der Waals surface area contributed by atoms with Gasteiger partial charge in [-0.05, 0) is 32.0 Å². The molecule has 0 bridgehead atoms. The maximum Gasteiger partial charge on any atom is 0.328 e. The summed E-state index contributed by atoms with van der Waals surface area (Å²) < 4.78 is 4.84. The standard InChI is InChI=1S/C10H20N2O2S/c1-5-14-9(13)8(4)12-10(15)11-6-7(2)3/h7-8H,5-6H2,1-4H3,(H2,11,12,15). The smallest absolute Gasteiger partial charge is 0.328 e. The SMILES string of the molecule is CCOC(=O)C(C)NC(=S)NCC(C)C. The van der Waals surface area contributed by atoms with E-state index in [-0.39, 0.29) is 5.97 Å². The lowest BCUT2D eigenvalue weighted by Crippen LogP contribution is -2.45. The minimum atomic E-state index is -0.405. The highest BCUT2D eigenvalue weighted by Gasteiger charge is 2.14. The van der Waals surface area contributed by atoms with Crippen LogP contribution in [0.15, 0.2) is 0 Å². The van der Waals surface area contributed by atoms with Crippen molar-refractivity contribution in [2.24, 2.45) is 5.92 Å². The Morgan fingerprint density at radius 1 is 1.40 bits per heavy atom. The van der Waals surface area contributed by atoms with Gasteiger partial charge in [0.2, 0.25) is 0 Å². The third-order valence-electron chi connectivity index (χ3n) is 1.66. The predicted octanol–water partition coefficient (Wildman–Crippen LogP) is 1.06. The molecule has 0 fully saturated rings. The van der Waals surface area contributed by atoms with Gasteiger partial charge in [0, 0.05) is 6.54 Å². The molecule has 15 heavy (non-hydrogen) atoms. The molecule has 0 saturated carbocycles. The van der Waals surface area contributed by atoms with E-state index in [2.05, 4.69) is 24.5 Å². The summed E-state index contributed by atoms with van der Waals surface area (Å²) in [6, 6.07) is -0.405. The largest absolute Gasteiger partial charge is 0.464 e. The molecule has 88 valence electrons. The fourth-order valence-corrected chi connectivity index (χ4v) is 1.13. The third-order valence-corrected chi connectivity index (χ3v) is 1.92. The van der Waals surface area contributed by atoms with Gasteiger partial charge in [0.15, 0.2) is 5.11 Å². The van der Waals surface area contributed by atoms with Crippen LogP contribution in [0, 0.1) is 5.92 Å². The number of hydrogen-bond acceptors (Lipinski definition) is 3. The Hall–Kier alpha value is -0.840. The van der Waals surface area contributed by atoms with E-state index in [1.54, 1.807) is 13.8 Å². The Bertz CT molecular complexity index is 219. The van der Waals surface area contributed by atoms with Gasteiger partial charge in [0.05, 0.1) is 6.61 Å². The molecule has 0 radical (unpaired) electrons. The number of carbonyl (C=O) groups is 1. The zero-order valence-electron chi connectivity index (χ0n) is 9.79. The zero-order valence-corrected chi connectivity index (χ0v) is 10.6. The normalized spacial score (nSPS) is 12.1. The first-order valence-electron chi connectivity index (χ1n) is 5.18. The van der Waals surface area contributed by atoms with Gasteiger partial charge < -0.3 is 15.4 Å². The molecule has 0 aromatic rings. The van der Waals surface area contributed by atoms with E-state index in [0.29, 0.717) is 17.6 Å². The molecule has 0 heterocycles. The molecule has 0 aliphatic rings. The average molecular weight is 232 g/mol. The molecule has 2 N–H and O–H groups in total. The van der Waals surface area contributed by atoms with Gasteiger partial charge in [-0.25, -0.2) is 4.79 Å². The van der Waals surface area contributed by atoms with Gasteiger partial charge >= 0.3 is 5.97 Å². The lowest BCUT2D eigenvalue weighted by molar-refractivity contribution is -0.144. The van der Waals surface area contributed by atoms with Crippen LogP contribution in [0.3, 0.4) is 0 Å². The second-order valence-electron chi connectivity index (χ2n) is 3.72. The fraction of sp³-hybridized carbons (Fsp3) is 0.800. The maximum absolute atomic E-state index is 11.2. The van der Waals surface area contributed by atoms with Crippen LogP contribution >= 0.6 is 12.2 Å². The van der Waals surface area contributed by atoms with E-state index in [1.165, 1.54) is 0 Å². The molecule has 0 aromatic carbocycles. The van der Waals surface area contributed by atoms with E-state index >= 15 is 0 Å². The molecule has 0 rings (SSSR count). The quantitative estimate of drug-likeness (QED) is 0.548. The lowest BCUT2D eigenvalue weighted by Gasteiger charge is -2.16. The van der Waals surface area contributed by atoms with E-state index in [0.717, 1.165) is 6.54 Å². The molecule has 0 spiro atoms. The number of ether oxygens (including phenoxy) is 1. The van der Waals surface area contributed by atoms with E-state index in [4.69, 9.17) is 17.0 Å². The minimum Gasteiger partial charge on any atom is -0.464 e. The summed E-state index contributed by atoms with van der Waals surface area (Å²) in [6.07, 6.45) is 0. The van der Waals surface area contributed by atoms with Crippen LogP contribution in [-0.4, -0.2) is 30.3 Å². The molecular formula is C10H20N2O2S. The van der Waals surface area contributed by atoms with Crippen LogP contribution in [0.1, 0.15) is 27.7 Å². The van der Waals surface area contributed by atoms with Crippen molar-refractivity contribution in [1.82, 2.24) is 10.6 Å². The van der Waals surface area contributed by atoms with Crippen molar-refractivity contribution in [3.8, 4) is 0 Å². The molecule has 0 aliphatic carbocycles. The van der Waals surface area contributed by atoms with Crippen LogP contribution < -0.4 is 10.6 Å². The number of esters is 1. The summed E-state index contributed by atoms with van der Waals surface area (Å²) in [6.45, 7) is 8.86. The Balaban J connectivity index is 3.80. The molecule has 0 amide bonds.